The Bertz CT molecular complexity index is 747. The summed E-state index contributed by atoms with van der Waals surface area (Å²) in [6, 6.07) is 16.2. The molecule has 0 amide bonds. The first kappa shape index (κ1) is 19.2. The van der Waals surface area contributed by atoms with E-state index in [1.54, 1.807) is 0 Å². The van der Waals surface area contributed by atoms with Crippen molar-refractivity contribution in [2.75, 3.05) is 46.1 Å². The molecule has 0 unspecified atom stereocenters. The van der Waals surface area contributed by atoms with E-state index >= 15 is 0 Å². The minimum atomic E-state index is -0.455. The number of fused-ring (bicyclic) bond motifs is 1. The van der Waals surface area contributed by atoms with Crippen LogP contribution in [-0.4, -0.2) is 67.1 Å². The maximum atomic E-state index is 10.3. The number of hydrogen-bond acceptors (Lipinski definition) is 6. The van der Waals surface area contributed by atoms with Gasteiger partial charge in [-0.15, -0.1) is 0 Å². The summed E-state index contributed by atoms with van der Waals surface area (Å²) >= 11 is 0. The molecule has 2 aliphatic rings. The molecule has 6 nitrogen and oxygen atoms in total. The van der Waals surface area contributed by atoms with Crippen molar-refractivity contribution in [3.8, 4) is 11.5 Å². The van der Waals surface area contributed by atoms with Crippen LogP contribution in [0.1, 0.15) is 11.1 Å². The van der Waals surface area contributed by atoms with Crippen LogP contribution in [-0.2, 0) is 17.9 Å². The van der Waals surface area contributed by atoms with Gasteiger partial charge in [0.15, 0.2) is 11.5 Å². The second-order valence-electron chi connectivity index (χ2n) is 7.42. The predicted molar refractivity (Wildman–Crippen MR) is 106 cm³/mol. The minimum Gasteiger partial charge on any atom is -0.454 e. The maximum absolute atomic E-state index is 10.3. The molecule has 0 aliphatic carbocycles. The summed E-state index contributed by atoms with van der Waals surface area (Å²) < 4.78 is 16.5. The lowest BCUT2D eigenvalue weighted by atomic mass is 10.1. The van der Waals surface area contributed by atoms with Gasteiger partial charge in [0.25, 0.3) is 0 Å². The zero-order valence-electron chi connectivity index (χ0n) is 16.1. The Morgan fingerprint density at radius 2 is 1.64 bits per heavy atom. The molecular formula is C22H28N2O4. The highest BCUT2D eigenvalue weighted by Gasteiger charge is 2.20. The number of piperazine rings is 1. The number of β-amino-alcohol motifs (C(OH)–C–C–N with tert-alkyl or cyclic N) is 1. The molecular weight excluding hydrogens is 356 g/mol. The lowest BCUT2D eigenvalue weighted by Crippen LogP contribution is -2.48. The fraction of sp³-hybridized carbons (Fsp3) is 0.455. The van der Waals surface area contributed by atoms with E-state index in [1.807, 2.05) is 36.4 Å². The number of aliphatic hydroxyl groups excluding tert-OH is 1. The highest BCUT2D eigenvalue weighted by Crippen LogP contribution is 2.32. The Morgan fingerprint density at radius 1 is 0.893 bits per heavy atom. The highest BCUT2D eigenvalue weighted by atomic mass is 16.7. The largest absolute Gasteiger partial charge is 0.454 e. The first-order valence-corrected chi connectivity index (χ1v) is 9.89. The van der Waals surface area contributed by atoms with Gasteiger partial charge >= 0.3 is 0 Å². The number of ether oxygens (including phenoxy) is 3. The van der Waals surface area contributed by atoms with Crippen LogP contribution in [0.3, 0.4) is 0 Å². The zero-order chi connectivity index (χ0) is 19.2. The van der Waals surface area contributed by atoms with Crippen LogP contribution in [0.4, 0.5) is 0 Å². The summed E-state index contributed by atoms with van der Waals surface area (Å²) in [5.74, 6) is 1.67. The fourth-order valence-corrected chi connectivity index (χ4v) is 3.67. The highest BCUT2D eigenvalue weighted by molar-refractivity contribution is 5.44. The van der Waals surface area contributed by atoms with Crippen molar-refractivity contribution in [1.82, 2.24) is 9.80 Å². The molecule has 150 valence electrons. The topological polar surface area (TPSA) is 54.4 Å². The third-order valence-corrected chi connectivity index (χ3v) is 5.20. The van der Waals surface area contributed by atoms with Crippen LogP contribution < -0.4 is 9.47 Å². The number of hydrogen-bond donors (Lipinski definition) is 1. The molecule has 28 heavy (non-hydrogen) atoms. The van der Waals surface area contributed by atoms with E-state index in [-0.39, 0.29) is 0 Å². The summed E-state index contributed by atoms with van der Waals surface area (Å²) in [5.41, 5.74) is 2.37. The van der Waals surface area contributed by atoms with E-state index in [0.29, 0.717) is 26.6 Å². The summed E-state index contributed by atoms with van der Waals surface area (Å²) in [4.78, 5) is 4.75. The minimum absolute atomic E-state index is 0.314. The maximum Gasteiger partial charge on any atom is 0.231 e. The Labute approximate surface area is 166 Å². The van der Waals surface area contributed by atoms with Gasteiger partial charge in [-0.1, -0.05) is 36.4 Å². The van der Waals surface area contributed by atoms with E-state index < -0.39 is 6.10 Å². The van der Waals surface area contributed by atoms with Crippen molar-refractivity contribution < 1.29 is 19.3 Å². The molecule has 6 heteroatoms. The van der Waals surface area contributed by atoms with Crippen LogP contribution in [0, 0.1) is 0 Å². The van der Waals surface area contributed by atoms with Crippen LogP contribution in [0.5, 0.6) is 11.5 Å². The summed E-state index contributed by atoms with van der Waals surface area (Å²) in [7, 11) is 0. The second kappa shape index (κ2) is 9.39. The molecule has 2 aromatic carbocycles. The van der Waals surface area contributed by atoms with Gasteiger partial charge in [0.2, 0.25) is 6.79 Å². The van der Waals surface area contributed by atoms with Gasteiger partial charge < -0.3 is 19.3 Å². The number of rotatable bonds is 8. The van der Waals surface area contributed by atoms with Crippen molar-refractivity contribution in [3.05, 3.63) is 59.7 Å². The molecule has 1 saturated heterocycles. The van der Waals surface area contributed by atoms with E-state index in [1.165, 1.54) is 5.56 Å². The average Bonchev–Trinajstić information content (AvgIpc) is 3.18. The van der Waals surface area contributed by atoms with Gasteiger partial charge in [0.05, 0.1) is 19.3 Å². The third-order valence-electron chi connectivity index (χ3n) is 5.20. The van der Waals surface area contributed by atoms with E-state index in [9.17, 15) is 5.11 Å². The summed E-state index contributed by atoms with van der Waals surface area (Å²) in [5, 5.41) is 10.3. The summed E-state index contributed by atoms with van der Waals surface area (Å²) in [6.07, 6.45) is -0.455. The van der Waals surface area contributed by atoms with Gasteiger partial charge in [-0.25, -0.2) is 0 Å². The molecule has 1 N–H and O–H groups in total. The van der Waals surface area contributed by atoms with E-state index in [2.05, 4.69) is 21.9 Å². The fourth-order valence-electron chi connectivity index (χ4n) is 3.67. The molecule has 0 saturated carbocycles. The van der Waals surface area contributed by atoms with Gasteiger partial charge in [-0.2, -0.15) is 0 Å². The van der Waals surface area contributed by atoms with Crippen LogP contribution >= 0.6 is 0 Å². The molecule has 0 bridgehead atoms. The monoisotopic (exact) mass is 384 g/mol. The van der Waals surface area contributed by atoms with Gasteiger partial charge in [0, 0.05) is 39.3 Å². The molecule has 0 radical (unpaired) electrons. The first-order valence-electron chi connectivity index (χ1n) is 9.89. The van der Waals surface area contributed by atoms with Gasteiger partial charge in [0.1, 0.15) is 0 Å². The standard InChI is InChI=1S/C22H28N2O4/c25-20(16-26-15-18-4-2-1-3-5-18)14-24-10-8-23(9-11-24)13-19-6-7-21-22(12-19)28-17-27-21/h1-7,12,20,25H,8-11,13-17H2/t20-/m0/s1. The van der Waals surface area contributed by atoms with Crippen LogP contribution in [0.15, 0.2) is 48.5 Å². The van der Waals surface area contributed by atoms with E-state index in [0.717, 1.165) is 49.8 Å². The van der Waals surface area contributed by atoms with Crippen molar-refractivity contribution in [2.24, 2.45) is 0 Å². The van der Waals surface area contributed by atoms with Gasteiger partial charge in [-0.05, 0) is 23.3 Å². The molecule has 2 aromatic rings. The normalized spacial score (nSPS) is 18.3. The predicted octanol–water partition coefficient (Wildman–Crippen LogP) is 2.11. The van der Waals surface area contributed by atoms with Crippen molar-refractivity contribution >= 4 is 0 Å². The molecule has 0 spiro atoms. The summed E-state index contributed by atoms with van der Waals surface area (Å²) in [6.45, 7) is 6.70. The average molecular weight is 384 g/mol. The number of aliphatic hydroxyl groups is 1. The molecule has 0 aromatic heterocycles. The van der Waals surface area contributed by atoms with Crippen molar-refractivity contribution in [3.63, 3.8) is 0 Å². The first-order chi connectivity index (χ1) is 13.8. The number of benzene rings is 2. The number of nitrogens with zero attached hydrogens (tertiary/aromatic N) is 2. The quantitative estimate of drug-likeness (QED) is 0.752. The Balaban J connectivity index is 1.15. The molecule has 1 atom stereocenters. The van der Waals surface area contributed by atoms with Crippen molar-refractivity contribution in [1.29, 1.82) is 0 Å². The van der Waals surface area contributed by atoms with Crippen LogP contribution in [0.25, 0.3) is 0 Å². The Morgan fingerprint density at radius 3 is 2.46 bits per heavy atom. The van der Waals surface area contributed by atoms with Gasteiger partial charge in [-0.3, -0.25) is 9.80 Å². The Hall–Kier alpha value is -2.12. The van der Waals surface area contributed by atoms with Crippen molar-refractivity contribution in [2.45, 2.75) is 19.3 Å². The lowest BCUT2D eigenvalue weighted by Gasteiger charge is -2.35. The van der Waals surface area contributed by atoms with E-state index in [4.69, 9.17) is 14.2 Å². The smallest absolute Gasteiger partial charge is 0.231 e. The lowest BCUT2D eigenvalue weighted by molar-refractivity contribution is 0.000875. The molecule has 2 aliphatic heterocycles. The molecule has 1 fully saturated rings. The van der Waals surface area contributed by atoms with Crippen LogP contribution in [0.2, 0.25) is 0 Å². The molecule has 2 heterocycles. The second-order valence-corrected chi connectivity index (χ2v) is 7.42. The Kier molecular flexibility index (Phi) is 6.44. The SMILES string of the molecule is O[C@H](COCc1ccccc1)CN1CCN(Cc2ccc3c(c2)OCO3)CC1. The molecule has 4 rings (SSSR count). The zero-order valence-corrected chi connectivity index (χ0v) is 16.1. The third kappa shape index (κ3) is 5.23.